The summed E-state index contributed by atoms with van der Waals surface area (Å²) in [6.45, 7) is 2.26. The minimum atomic E-state index is -0.661. The lowest BCUT2D eigenvalue weighted by Crippen LogP contribution is -2.16. The van der Waals surface area contributed by atoms with Crippen LogP contribution in [0.15, 0.2) is 16.6 Å². The predicted octanol–water partition coefficient (Wildman–Crippen LogP) is 3.85. The smallest absolute Gasteiger partial charge is 0.171 e. The van der Waals surface area contributed by atoms with E-state index in [0.29, 0.717) is 17.5 Å². The first-order valence-corrected chi connectivity index (χ1v) is 6.47. The molecular formula is C12H11BrClFO2. The van der Waals surface area contributed by atoms with Crippen molar-refractivity contribution in [2.24, 2.45) is 5.92 Å². The average molecular weight is 322 g/mol. The Bertz CT molecular complexity index is 464. The van der Waals surface area contributed by atoms with Crippen molar-refractivity contribution in [3.05, 3.63) is 33.0 Å². The molecule has 92 valence electrons. The first-order valence-electron chi connectivity index (χ1n) is 5.30. The molecule has 0 aliphatic carbocycles. The molecule has 0 bridgehead atoms. The van der Waals surface area contributed by atoms with Gasteiger partial charge < -0.3 is 4.74 Å². The molecule has 2 unspecified atom stereocenters. The second kappa shape index (κ2) is 5.04. The molecule has 2 rings (SSSR count). The van der Waals surface area contributed by atoms with Crippen LogP contribution in [0.4, 0.5) is 4.39 Å². The van der Waals surface area contributed by atoms with Gasteiger partial charge in [-0.25, -0.2) is 4.39 Å². The van der Waals surface area contributed by atoms with Gasteiger partial charge in [0.1, 0.15) is 0 Å². The lowest BCUT2D eigenvalue weighted by molar-refractivity contribution is 0.0874. The van der Waals surface area contributed by atoms with Crippen LogP contribution in [0.2, 0.25) is 5.02 Å². The van der Waals surface area contributed by atoms with E-state index in [9.17, 15) is 9.18 Å². The normalized spacial score (nSPS) is 24.0. The summed E-state index contributed by atoms with van der Waals surface area (Å²) in [5.74, 6) is -1.16. The van der Waals surface area contributed by atoms with Crippen molar-refractivity contribution >= 4 is 33.3 Å². The van der Waals surface area contributed by atoms with Crippen LogP contribution >= 0.6 is 27.5 Å². The van der Waals surface area contributed by atoms with Crippen molar-refractivity contribution in [1.29, 1.82) is 0 Å². The van der Waals surface area contributed by atoms with E-state index >= 15 is 0 Å². The van der Waals surface area contributed by atoms with Crippen molar-refractivity contribution in [1.82, 2.24) is 0 Å². The van der Waals surface area contributed by atoms with E-state index in [-0.39, 0.29) is 28.4 Å². The summed E-state index contributed by atoms with van der Waals surface area (Å²) >= 11 is 8.87. The standard InChI is InChI=1S/C12H11BrClFO2/c1-6-4-7(5-17-6)12(16)8-2-3-9(13)10(14)11(8)15/h2-3,6-7H,4-5H2,1H3. The van der Waals surface area contributed by atoms with Crippen LogP contribution in [0.1, 0.15) is 23.7 Å². The Balaban J connectivity index is 2.29. The van der Waals surface area contributed by atoms with Gasteiger partial charge in [0.15, 0.2) is 11.6 Å². The van der Waals surface area contributed by atoms with Gasteiger partial charge in [-0.1, -0.05) is 11.6 Å². The molecule has 1 aliphatic rings. The summed E-state index contributed by atoms with van der Waals surface area (Å²) in [6, 6.07) is 3.04. The van der Waals surface area contributed by atoms with Gasteiger partial charge in [0.25, 0.3) is 0 Å². The number of carbonyl (C=O) groups excluding carboxylic acids is 1. The summed E-state index contributed by atoms with van der Waals surface area (Å²) in [4.78, 5) is 12.1. The number of hydrogen-bond acceptors (Lipinski definition) is 2. The van der Waals surface area contributed by atoms with E-state index in [1.807, 2.05) is 6.92 Å². The molecule has 0 aromatic heterocycles. The highest BCUT2D eigenvalue weighted by atomic mass is 79.9. The van der Waals surface area contributed by atoms with Crippen LogP contribution in [0.5, 0.6) is 0 Å². The highest BCUT2D eigenvalue weighted by Gasteiger charge is 2.31. The fourth-order valence-corrected chi connectivity index (χ4v) is 2.41. The molecule has 1 saturated heterocycles. The molecule has 5 heteroatoms. The van der Waals surface area contributed by atoms with Gasteiger partial charge in [0.05, 0.1) is 23.3 Å². The van der Waals surface area contributed by atoms with Gasteiger partial charge >= 0.3 is 0 Å². The van der Waals surface area contributed by atoms with Gasteiger partial charge in [-0.15, -0.1) is 0 Å². The van der Waals surface area contributed by atoms with Crippen LogP contribution in [-0.4, -0.2) is 18.5 Å². The van der Waals surface area contributed by atoms with E-state index in [4.69, 9.17) is 16.3 Å². The second-order valence-electron chi connectivity index (χ2n) is 4.16. The summed E-state index contributed by atoms with van der Waals surface area (Å²) in [7, 11) is 0. The largest absolute Gasteiger partial charge is 0.378 e. The molecule has 17 heavy (non-hydrogen) atoms. The number of benzene rings is 1. The van der Waals surface area contributed by atoms with Gasteiger partial charge in [-0.05, 0) is 41.4 Å². The number of halogens is 3. The minimum Gasteiger partial charge on any atom is -0.378 e. The number of Topliss-reactive ketones (excluding diaryl/α,β-unsaturated/α-hetero) is 1. The molecular weight excluding hydrogens is 310 g/mol. The second-order valence-corrected chi connectivity index (χ2v) is 5.40. The van der Waals surface area contributed by atoms with E-state index in [1.165, 1.54) is 6.07 Å². The van der Waals surface area contributed by atoms with Crippen molar-refractivity contribution in [3.63, 3.8) is 0 Å². The third-order valence-electron chi connectivity index (χ3n) is 2.87. The Morgan fingerprint density at radius 1 is 1.59 bits per heavy atom. The van der Waals surface area contributed by atoms with Gasteiger partial charge in [-0.3, -0.25) is 4.79 Å². The molecule has 0 spiro atoms. The number of ether oxygens (including phenoxy) is 1. The number of hydrogen-bond donors (Lipinski definition) is 0. The minimum absolute atomic E-state index is 0.0425. The van der Waals surface area contributed by atoms with Gasteiger partial charge in [0.2, 0.25) is 0 Å². The molecule has 2 nitrogen and oxygen atoms in total. The fraction of sp³-hybridized carbons (Fsp3) is 0.417. The van der Waals surface area contributed by atoms with Crippen LogP contribution in [0.25, 0.3) is 0 Å². The van der Waals surface area contributed by atoms with Crippen molar-refractivity contribution in [2.75, 3.05) is 6.61 Å². The summed E-state index contributed by atoms with van der Waals surface area (Å²) in [5.41, 5.74) is 0.0425. The zero-order valence-corrected chi connectivity index (χ0v) is 11.5. The molecule has 0 amide bonds. The SMILES string of the molecule is CC1CC(C(=O)c2ccc(Br)c(Cl)c2F)CO1. The summed E-state index contributed by atoms with van der Waals surface area (Å²) in [6.07, 6.45) is 0.685. The van der Waals surface area contributed by atoms with E-state index in [1.54, 1.807) is 6.07 Å². The fourth-order valence-electron chi connectivity index (χ4n) is 1.94. The Morgan fingerprint density at radius 2 is 2.29 bits per heavy atom. The maximum atomic E-state index is 13.8. The summed E-state index contributed by atoms with van der Waals surface area (Å²) < 4.78 is 19.6. The Morgan fingerprint density at radius 3 is 2.88 bits per heavy atom. The Labute approximate surface area is 112 Å². The lowest BCUT2D eigenvalue weighted by atomic mass is 9.95. The molecule has 0 saturated carbocycles. The first-order chi connectivity index (χ1) is 8.00. The molecule has 1 fully saturated rings. The zero-order valence-electron chi connectivity index (χ0n) is 9.17. The molecule has 1 aromatic rings. The van der Waals surface area contributed by atoms with Gasteiger partial charge in [-0.2, -0.15) is 0 Å². The van der Waals surface area contributed by atoms with E-state index in [2.05, 4.69) is 15.9 Å². The average Bonchev–Trinajstić information content (AvgIpc) is 2.72. The molecule has 1 aromatic carbocycles. The van der Waals surface area contributed by atoms with Crippen LogP contribution in [0, 0.1) is 11.7 Å². The Hall–Kier alpha value is -0.450. The lowest BCUT2D eigenvalue weighted by Gasteiger charge is -2.09. The maximum Gasteiger partial charge on any atom is 0.171 e. The maximum absolute atomic E-state index is 13.8. The first kappa shape index (κ1) is 13.0. The van der Waals surface area contributed by atoms with E-state index < -0.39 is 5.82 Å². The quantitative estimate of drug-likeness (QED) is 0.611. The Kier molecular flexibility index (Phi) is 3.85. The van der Waals surface area contributed by atoms with Crippen molar-refractivity contribution in [3.8, 4) is 0 Å². The highest BCUT2D eigenvalue weighted by molar-refractivity contribution is 9.10. The molecule has 2 atom stereocenters. The topological polar surface area (TPSA) is 26.3 Å². The summed E-state index contributed by atoms with van der Waals surface area (Å²) in [5, 5.41) is -0.0530. The molecule has 0 radical (unpaired) electrons. The van der Waals surface area contributed by atoms with Crippen LogP contribution < -0.4 is 0 Å². The van der Waals surface area contributed by atoms with Gasteiger partial charge in [0, 0.05) is 10.4 Å². The molecule has 0 N–H and O–H groups in total. The third kappa shape index (κ3) is 2.54. The predicted molar refractivity (Wildman–Crippen MR) is 67.0 cm³/mol. The van der Waals surface area contributed by atoms with Crippen molar-refractivity contribution < 1.29 is 13.9 Å². The number of ketones is 1. The van der Waals surface area contributed by atoms with Crippen LogP contribution in [0.3, 0.4) is 0 Å². The zero-order chi connectivity index (χ0) is 12.6. The van der Waals surface area contributed by atoms with Crippen molar-refractivity contribution in [2.45, 2.75) is 19.4 Å². The highest BCUT2D eigenvalue weighted by Crippen LogP contribution is 2.30. The number of carbonyl (C=O) groups is 1. The number of rotatable bonds is 2. The molecule has 1 aliphatic heterocycles. The van der Waals surface area contributed by atoms with Crippen LogP contribution in [-0.2, 0) is 4.74 Å². The third-order valence-corrected chi connectivity index (χ3v) is 4.13. The van der Waals surface area contributed by atoms with E-state index in [0.717, 1.165) is 0 Å². The molecule has 1 heterocycles. The monoisotopic (exact) mass is 320 g/mol.